The van der Waals surface area contributed by atoms with Crippen LogP contribution in [0.15, 0.2) is 39.7 Å². The summed E-state index contributed by atoms with van der Waals surface area (Å²) >= 11 is 0. The molecule has 1 aromatic heterocycles. The van der Waals surface area contributed by atoms with Gasteiger partial charge in [-0.3, -0.25) is 9.69 Å². The lowest BCUT2D eigenvalue weighted by atomic mass is 10.2. The second kappa shape index (κ2) is 6.74. The van der Waals surface area contributed by atoms with E-state index in [4.69, 9.17) is 13.9 Å². The van der Waals surface area contributed by atoms with Gasteiger partial charge in [0.25, 0.3) is 0 Å². The Kier molecular flexibility index (Phi) is 4.52. The number of rotatable bonds is 5. The highest BCUT2D eigenvalue weighted by Crippen LogP contribution is 2.22. The van der Waals surface area contributed by atoms with Gasteiger partial charge >= 0.3 is 0 Å². The molecule has 0 saturated carbocycles. The van der Waals surface area contributed by atoms with Gasteiger partial charge in [-0.2, -0.15) is 0 Å². The van der Waals surface area contributed by atoms with Crippen LogP contribution in [0.1, 0.15) is 6.42 Å². The van der Waals surface area contributed by atoms with E-state index in [9.17, 15) is 4.79 Å². The van der Waals surface area contributed by atoms with Crippen LogP contribution in [0.3, 0.4) is 0 Å². The summed E-state index contributed by atoms with van der Waals surface area (Å²) in [4.78, 5) is 14.3. The maximum absolute atomic E-state index is 11.9. The van der Waals surface area contributed by atoms with E-state index in [1.165, 1.54) is 12.3 Å². The minimum atomic E-state index is -0.0694. The van der Waals surface area contributed by atoms with Gasteiger partial charge < -0.3 is 13.9 Å². The van der Waals surface area contributed by atoms with Crippen LogP contribution in [0.25, 0.3) is 11.0 Å². The molecule has 1 aliphatic heterocycles. The Morgan fingerprint density at radius 2 is 2.05 bits per heavy atom. The first-order valence-electron chi connectivity index (χ1n) is 7.28. The van der Waals surface area contributed by atoms with E-state index in [1.807, 2.05) is 12.1 Å². The van der Waals surface area contributed by atoms with E-state index in [2.05, 4.69) is 4.90 Å². The van der Waals surface area contributed by atoms with Crippen LogP contribution < -0.4 is 10.2 Å². The SMILES string of the molecule is O=c1ccoc2cccc(OCCCN3CCOCC3)c12. The predicted octanol–water partition coefficient (Wildman–Crippen LogP) is 1.89. The zero-order valence-corrected chi connectivity index (χ0v) is 11.9. The minimum Gasteiger partial charge on any atom is -0.493 e. The van der Waals surface area contributed by atoms with Gasteiger partial charge in [0.2, 0.25) is 0 Å². The summed E-state index contributed by atoms with van der Waals surface area (Å²) < 4.78 is 16.4. The average Bonchev–Trinajstić information content (AvgIpc) is 2.53. The molecule has 0 amide bonds. The number of hydrogen-bond donors (Lipinski definition) is 0. The molecule has 0 spiro atoms. The van der Waals surface area contributed by atoms with Gasteiger partial charge in [-0.25, -0.2) is 0 Å². The predicted molar refractivity (Wildman–Crippen MR) is 79.9 cm³/mol. The first-order valence-corrected chi connectivity index (χ1v) is 7.28. The largest absolute Gasteiger partial charge is 0.493 e. The molecule has 2 aromatic rings. The van der Waals surface area contributed by atoms with E-state index >= 15 is 0 Å². The molecule has 0 unspecified atom stereocenters. The second-order valence-electron chi connectivity index (χ2n) is 5.07. The number of benzene rings is 1. The number of hydrogen-bond acceptors (Lipinski definition) is 5. The summed E-state index contributed by atoms with van der Waals surface area (Å²) in [6.07, 6.45) is 2.33. The van der Waals surface area contributed by atoms with Gasteiger partial charge in [0.05, 0.1) is 26.1 Å². The van der Waals surface area contributed by atoms with Gasteiger partial charge in [0.15, 0.2) is 5.43 Å². The van der Waals surface area contributed by atoms with Crippen molar-refractivity contribution in [2.24, 2.45) is 0 Å². The molecule has 1 fully saturated rings. The highest BCUT2D eigenvalue weighted by Gasteiger charge is 2.10. The molecule has 2 heterocycles. The summed E-state index contributed by atoms with van der Waals surface area (Å²) in [5.41, 5.74) is 0.494. The molecule has 0 N–H and O–H groups in total. The summed E-state index contributed by atoms with van der Waals surface area (Å²) in [5.74, 6) is 0.601. The number of nitrogens with zero attached hydrogens (tertiary/aromatic N) is 1. The van der Waals surface area contributed by atoms with Gasteiger partial charge in [-0.15, -0.1) is 0 Å². The van der Waals surface area contributed by atoms with Crippen molar-refractivity contribution in [2.75, 3.05) is 39.5 Å². The van der Waals surface area contributed by atoms with Crippen LogP contribution in [0.4, 0.5) is 0 Å². The summed E-state index contributed by atoms with van der Waals surface area (Å²) in [5, 5.41) is 0.520. The van der Waals surface area contributed by atoms with E-state index in [-0.39, 0.29) is 5.43 Å². The Bertz CT molecular complexity index is 641. The van der Waals surface area contributed by atoms with Crippen molar-refractivity contribution in [1.29, 1.82) is 0 Å². The fourth-order valence-corrected chi connectivity index (χ4v) is 2.52. The molecule has 1 aromatic carbocycles. The van der Waals surface area contributed by atoms with Gasteiger partial charge in [-0.1, -0.05) is 6.07 Å². The van der Waals surface area contributed by atoms with Crippen molar-refractivity contribution in [3.63, 3.8) is 0 Å². The Hall–Kier alpha value is -1.85. The average molecular weight is 289 g/mol. The fourth-order valence-electron chi connectivity index (χ4n) is 2.52. The Labute approximate surface area is 123 Å². The molecule has 1 saturated heterocycles. The molecular weight excluding hydrogens is 270 g/mol. The third-order valence-electron chi connectivity index (χ3n) is 3.63. The van der Waals surface area contributed by atoms with E-state index in [0.717, 1.165) is 39.3 Å². The molecule has 0 atom stereocenters. The molecule has 5 nitrogen and oxygen atoms in total. The molecule has 0 bridgehead atoms. The van der Waals surface area contributed by atoms with E-state index < -0.39 is 0 Å². The van der Waals surface area contributed by atoms with Crippen molar-refractivity contribution in [3.8, 4) is 5.75 Å². The van der Waals surface area contributed by atoms with Crippen molar-refractivity contribution in [2.45, 2.75) is 6.42 Å². The van der Waals surface area contributed by atoms with Crippen LogP contribution in [0, 0.1) is 0 Å². The maximum atomic E-state index is 11.9. The highest BCUT2D eigenvalue weighted by molar-refractivity contribution is 5.82. The number of morpholine rings is 1. The normalized spacial score (nSPS) is 16.2. The number of fused-ring (bicyclic) bond motifs is 1. The van der Waals surface area contributed by atoms with E-state index in [1.54, 1.807) is 6.07 Å². The van der Waals surface area contributed by atoms with Crippen LogP contribution in [-0.2, 0) is 4.74 Å². The zero-order valence-electron chi connectivity index (χ0n) is 11.9. The zero-order chi connectivity index (χ0) is 14.5. The van der Waals surface area contributed by atoms with Crippen molar-refractivity contribution in [3.05, 3.63) is 40.8 Å². The highest BCUT2D eigenvalue weighted by atomic mass is 16.5. The van der Waals surface area contributed by atoms with Crippen molar-refractivity contribution < 1.29 is 13.9 Å². The Balaban J connectivity index is 1.59. The van der Waals surface area contributed by atoms with Gasteiger partial charge in [0, 0.05) is 25.7 Å². The summed E-state index contributed by atoms with van der Waals surface area (Å²) in [7, 11) is 0. The standard InChI is InChI=1S/C16H19NO4/c18-13-5-10-21-15-4-1-3-14(16(13)15)20-9-2-6-17-7-11-19-12-8-17/h1,3-5,10H,2,6-9,11-12H2. The van der Waals surface area contributed by atoms with Crippen molar-refractivity contribution in [1.82, 2.24) is 4.90 Å². The molecule has 1 aliphatic rings. The lowest BCUT2D eigenvalue weighted by Gasteiger charge is -2.26. The minimum absolute atomic E-state index is 0.0694. The van der Waals surface area contributed by atoms with Gasteiger partial charge in [0.1, 0.15) is 16.7 Å². The number of ether oxygens (including phenoxy) is 2. The topological polar surface area (TPSA) is 51.9 Å². The van der Waals surface area contributed by atoms with E-state index in [0.29, 0.717) is 23.3 Å². The Morgan fingerprint density at radius 3 is 2.90 bits per heavy atom. The molecule has 0 radical (unpaired) electrons. The molecule has 112 valence electrons. The smallest absolute Gasteiger partial charge is 0.196 e. The maximum Gasteiger partial charge on any atom is 0.196 e. The molecular formula is C16H19NO4. The third-order valence-corrected chi connectivity index (χ3v) is 3.63. The quantitative estimate of drug-likeness (QED) is 0.787. The van der Waals surface area contributed by atoms with Crippen LogP contribution in [-0.4, -0.2) is 44.4 Å². The lowest BCUT2D eigenvalue weighted by Crippen LogP contribution is -2.37. The Morgan fingerprint density at radius 1 is 1.19 bits per heavy atom. The summed E-state index contributed by atoms with van der Waals surface area (Å²) in [6, 6.07) is 6.84. The molecule has 5 heteroatoms. The van der Waals surface area contributed by atoms with Crippen LogP contribution >= 0.6 is 0 Å². The fraction of sp³-hybridized carbons (Fsp3) is 0.438. The third kappa shape index (κ3) is 3.43. The molecule has 3 rings (SSSR count). The monoisotopic (exact) mass is 289 g/mol. The van der Waals surface area contributed by atoms with Gasteiger partial charge in [-0.05, 0) is 18.6 Å². The molecule has 0 aliphatic carbocycles. The van der Waals surface area contributed by atoms with Crippen LogP contribution in [0.2, 0.25) is 0 Å². The van der Waals surface area contributed by atoms with Crippen LogP contribution in [0.5, 0.6) is 5.75 Å². The first kappa shape index (κ1) is 14.1. The first-order chi connectivity index (χ1) is 10.3. The lowest BCUT2D eigenvalue weighted by molar-refractivity contribution is 0.0358. The second-order valence-corrected chi connectivity index (χ2v) is 5.07. The summed E-state index contributed by atoms with van der Waals surface area (Å²) in [6.45, 7) is 5.17. The molecule has 21 heavy (non-hydrogen) atoms. The van der Waals surface area contributed by atoms with Crippen molar-refractivity contribution >= 4 is 11.0 Å².